The minimum absolute atomic E-state index is 0.478. The van der Waals surface area contributed by atoms with E-state index in [1.54, 1.807) is 7.11 Å². The van der Waals surface area contributed by atoms with E-state index in [0.717, 1.165) is 18.8 Å². The van der Waals surface area contributed by atoms with Crippen LogP contribution in [0.25, 0.3) is 0 Å². The quantitative estimate of drug-likeness (QED) is 0.830. The van der Waals surface area contributed by atoms with Gasteiger partial charge < -0.3 is 4.74 Å². The van der Waals surface area contributed by atoms with Crippen molar-refractivity contribution in [1.29, 1.82) is 0 Å². The molecule has 3 rings (SSSR count). The van der Waals surface area contributed by atoms with Crippen molar-refractivity contribution in [3.8, 4) is 5.75 Å². The highest BCUT2D eigenvalue weighted by molar-refractivity contribution is 5.43. The molecule has 2 aromatic carbocycles. The zero-order valence-electron chi connectivity index (χ0n) is 13.8. The predicted octanol–water partition coefficient (Wildman–Crippen LogP) is 4.44. The van der Waals surface area contributed by atoms with E-state index in [1.807, 2.05) is 0 Å². The summed E-state index contributed by atoms with van der Waals surface area (Å²) in [5.74, 6) is 1.43. The van der Waals surface area contributed by atoms with Gasteiger partial charge in [-0.25, -0.2) is 0 Å². The molecule has 1 atom stereocenters. The maximum atomic E-state index is 5.44. The molecular formula is C20H25NO. The first-order chi connectivity index (χ1) is 10.7. The van der Waals surface area contributed by atoms with Gasteiger partial charge in [0.2, 0.25) is 0 Å². The Bertz CT molecular complexity index is 621. The Labute approximate surface area is 133 Å². The third-order valence-corrected chi connectivity index (χ3v) is 4.74. The van der Waals surface area contributed by atoms with Crippen molar-refractivity contribution < 1.29 is 4.74 Å². The molecule has 2 heteroatoms. The Morgan fingerprint density at radius 1 is 1.09 bits per heavy atom. The zero-order valence-corrected chi connectivity index (χ0v) is 13.8. The average Bonchev–Trinajstić information content (AvgIpc) is 2.74. The van der Waals surface area contributed by atoms with Gasteiger partial charge in [-0.2, -0.15) is 0 Å². The monoisotopic (exact) mass is 295 g/mol. The molecule has 0 fully saturated rings. The lowest BCUT2D eigenvalue weighted by Gasteiger charge is -2.24. The van der Waals surface area contributed by atoms with Crippen molar-refractivity contribution in [3.63, 3.8) is 0 Å². The molecule has 0 aromatic heterocycles. The molecule has 1 aliphatic rings. The third kappa shape index (κ3) is 3.02. The second-order valence-corrected chi connectivity index (χ2v) is 6.38. The van der Waals surface area contributed by atoms with Crippen LogP contribution in [-0.2, 0) is 6.54 Å². The number of fused-ring (bicyclic) bond motifs is 1. The number of hydrogen-bond acceptors (Lipinski definition) is 2. The highest BCUT2D eigenvalue weighted by Crippen LogP contribution is 2.36. The van der Waals surface area contributed by atoms with Gasteiger partial charge in [-0.15, -0.1) is 0 Å². The van der Waals surface area contributed by atoms with Crippen LogP contribution in [-0.4, -0.2) is 24.6 Å². The van der Waals surface area contributed by atoms with Crippen molar-refractivity contribution in [1.82, 2.24) is 4.90 Å². The van der Waals surface area contributed by atoms with Gasteiger partial charge in [-0.05, 0) is 55.6 Å². The number of hydrogen-bond donors (Lipinski definition) is 0. The summed E-state index contributed by atoms with van der Waals surface area (Å²) >= 11 is 0. The number of ether oxygens (including phenoxy) is 1. The van der Waals surface area contributed by atoms with Crippen LogP contribution in [0.5, 0.6) is 5.75 Å². The van der Waals surface area contributed by atoms with E-state index in [0.29, 0.717) is 12.0 Å². The van der Waals surface area contributed by atoms with Crippen LogP contribution in [0.2, 0.25) is 0 Å². The molecular weight excluding hydrogens is 270 g/mol. The first kappa shape index (κ1) is 15.1. The Hall–Kier alpha value is -1.80. The Balaban J connectivity index is 2.04. The van der Waals surface area contributed by atoms with E-state index in [-0.39, 0.29) is 0 Å². The van der Waals surface area contributed by atoms with Crippen LogP contribution in [0.1, 0.15) is 42.9 Å². The topological polar surface area (TPSA) is 12.5 Å². The van der Waals surface area contributed by atoms with Crippen LogP contribution in [0.15, 0.2) is 48.5 Å². The van der Waals surface area contributed by atoms with Crippen LogP contribution in [0, 0.1) is 0 Å². The summed E-state index contributed by atoms with van der Waals surface area (Å²) < 4.78 is 5.44. The van der Waals surface area contributed by atoms with Gasteiger partial charge >= 0.3 is 0 Å². The van der Waals surface area contributed by atoms with E-state index >= 15 is 0 Å². The third-order valence-electron chi connectivity index (χ3n) is 4.74. The summed E-state index contributed by atoms with van der Waals surface area (Å²) in [6, 6.07) is 18.0. The second-order valence-electron chi connectivity index (χ2n) is 6.38. The molecule has 0 aliphatic carbocycles. The standard InChI is InChI=1S/C20H25NO/c1-15(2)21-12-11-20(16-7-5-4-6-8-16)19-10-9-18(22-3)13-17(19)14-21/h4-10,13,15,20H,11-12,14H2,1-3H3. The molecule has 0 bridgehead atoms. The van der Waals surface area contributed by atoms with E-state index in [1.165, 1.54) is 23.1 Å². The summed E-state index contributed by atoms with van der Waals surface area (Å²) in [5, 5.41) is 0. The number of benzene rings is 2. The molecule has 0 saturated carbocycles. The minimum atomic E-state index is 0.478. The molecule has 0 amide bonds. The van der Waals surface area contributed by atoms with Crippen molar-refractivity contribution >= 4 is 0 Å². The molecule has 0 N–H and O–H groups in total. The molecule has 1 unspecified atom stereocenters. The van der Waals surface area contributed by atoms with Gasteiger partial charge in [-0.1, -0.05) is 36.4 Å². The number of nitrogens with zero attached hydrogens (tertiary/aromatic N) is 1. The molecule has 1 heterocycles. The summed E-state index contributed by atoms with van der Waals surface area (Å²) in [5.41, 5.74) is 4.27. The highest BCUT2D eigenvalue weighted by Gasteiger charge is 2.25. The molecule has 0 radical (unpaired) electrons. The Kier molecular flexibility index (Phi) is 4.49. The fourth-order valence-electron chi connectivity index (χ4n) is 3.41. The second kappa shape index (κ2) is 6.53. The summed E-state index contributed by atoms with van der Waals surface area (Å²) in [6.45, 7) is 6.70. The van der Waals surface area contributed by atoms with Crippen molar-refractivity contribution in [2.75, 3.05) is 13.7 Å². The number of rotatable bonds is 3. The van der Waals surface area contributed by atoms with Gasteiger partial charge in [0.1, 0.15) is 5.75 Å². The molecule has 0 saturated heterocycles. The molecule has 2 aromatic rings. The largest absolute Gasteiger partial charge is 0.497 e. The Morgan fingerprint density at radius 3 is 2.55 bits per heavy atom. The fraction of sp³-hybridized carbons (Fsp3) is 0.400. The normalized spacial score (nSPS) is 18.8. The van der Waals surface area contributed by atoms with Crippen molar-refractivity contribution in [2.24, 2.45) is 0 Å². The maximum absolute atomic E-state index is 5.44. The predicted molar refractivity (Wildman–Crippen MR) is 91.4 cm³/mol. The van der Waals surface area contributed by atoms with Gasteiger partial charge in [0.25, 0.3) is 0 Å². The minimum Gasteiger partial charge on any atom is -0.497 e. The van der Waals surface area contributed by atoms with Gasteiger partial charge in [-0.3, -0.25) is 4.90 Å². The molecule has 116 valence electrons. The zero-order chi connectivity index (χ0) is 15.5. The van der Waals surface area contributed by atoms with E-state index in [9.17, 15) is 0 Å². The lowest BCUT2D eigenvalue weighted by Crippen LogP contribution is -2.30. The van der Waals surface area contributed by atoms with Crippen LogP contribution in [0.4, 0.5) is 0 Å². The lowest BCUT2D eigenvalue weighted by molar-refractivity contribution is 0.214. The molecule has 22 heavy (non-hydrogen) atoms. The van der Waals surface area contributed by atoms with Gasteiger partial charge in [0.15, 0.2) is 0 Å². The Morgan fingerprint density at radius 2 is 1.86 bits per heavy atom. The van der Waals surface area contributed by atoms with Crippen LogP contribution in [0.3, 0.4) is 0 Å². The number of methoxy groups -OCH3 is 1. The van der Waals surface area contributed by atoms with Crippen LogP contribution < -0.4 is 4.74 Å². The first-order valence-corrected chi connectivity index (χ1v) is 8.15. The SMILES string of the molecule is COc1ccc2c(c1)CN(C(C)C)CCC2c1ccccc1. The van der Waals surface area contributed by atoms with Gasteiger partial charge in [0, 0.05) is 18.5 Å². The molecule has 2 nitrogen and oxygen atoms in total. The van der Waals surface area contributed by atoms with Gasteiger partial charge in [0.05, 0.1) is 7.11 Å². The average molecular weight is 295 g/mol. The first-order valence-electron chi connectivity index (χ1n) is 8.15. The summed E-state index contributed by atoms with van der Waals surface area (Å²) in [7, 11) is 1.74. The molecule has 0 spiro atoms. The lowest BCUT2D eigenvalue weighted by atomic mass is 9.86. The van der Waals surface area contributed by atoms with Crippen LogP contribution >= 0.6 is 0 Å². The van der Waals surface area contributed by atoms with Crippen molar-refractivity contribution in [3.05, 3.63) is 65.2 Å². The fourth-order valence-corrected chi connectivity index (χ4v) is 3.41. The van der Waals surface area contributed by atoms with E-state index in [2.05, 4.69) is 67.3 Å². The summed E-state index contributed by atoms with van der Waals surface area (Å²) in [4.78, 5) is 2.56. The van der Waals surface area contributed by atoms with E-state index in [4.69, 9.17) is 4.74 Å². The maximum Gasteiger partial charge on any atom is 0.119 e. The van der Waals surface area contributed by atoms with E-state index < -0.39 is 0 Å². The van der Waals surface area contributed by atoms with Crippen molar-refractivity contribution in [2.45, 2.75) is 38.8 Å². The molecule has 1 aliphatic heterocycles. The highest BCUT2D eigenvalue weighted by atomic mass is 16.5. The summed E-state index contributed by atoms with van der Waals surface area (Å²) in [6.07, 6.45) is 1.17. The smallest absolute Gasteiger partial charge is 0.119 e.